The number of amides is 1. The monoisotopic (exact) mass is 560 g/mol. The number of nitrogens with zero attached hydrogens (tertiary/aromatic N) is 3. The van der Waals surface area contributed by atoms with Crippen LogP contribution >= 0.6 is 23.2 Å². The maximum absolute atomic E-state index is 13.4. The normalized spacial score (nSPS) is 15.0. The van der Waals surface area contributed by atoms with Gasteiger partial charge in [0.05, 0.1) is 23.0 Å². The minimum absolute atomic E-state index is 0.0432. The fraction of sp³-hybridized carbons (Fsp3) is 0.258. The molecule has 1 N–H and O–H groups in total. The van der Waals surface area contributed by atoms with Crippen molar-refractivity contribution in [2.45, 2.75) is 18.9 Å². The van der Waals surface area contributed by atoms with Crippen molar-refractivity contribution in [2.24, 2.45) is 5.92 Å². The summed E-state index contributed by atoms with van der Waals surface area (Å²) < 4.78 is 5.83. The minimum atomic E-state index is -0.369. The lowest BCUT2D eigenvalue weighted by Crippen LogP contribution is -2.43. The highest BCUT2D eigenvalue weighted by atomic mass is 35.5. The van der Waals surface area contributed by atoms with Gasteiger partial charge in [-0.1, -0.05) is 77.8 Å². The van der Waals surface area contributed by atoms with Gasteiger partial charge in [0.1, 0.15) is 12.4 Å². The average Bonchev–Trinajstić information content (AvgIpc) is 2.98. The largest absolute Gasteiger partial charge is 0.491 e. The van der Waals surface area contributed by atoms with Crippen molar-refractivity contribution in [3.63, 3.8) is 0 Å². The van der Waals surface area contributed by atoms with E-state index in [2.05, 4.69) is 56.6 Å². The lowest BCUT2D eigenvalue weighted by molar-refractivity contribution is -0.127. The van der Waals surface area contributed by atoms with Crippen LogP contribution < -0.4 is 10.1 Å². The molecule has 39 heavy (non-hydrogen) atoms. The molecule has 8 heteroatoms. The first-order chi connectivity index (χ1) is 19.1. The SMILES string of the molecule is O=C(NC(c1ccc(-c2ccccc2)cc1)c1cnccn1)C1CCN(CCOc2ccc(Cl)cc2Cl)CC1. The molecule has 1 fully saturated rings. The highest BCUT2D eigenvalue weighted by molar-refractivity contribution is 6.35. The molecule has 1 amide bonds. The summed E-state index contributed by atoms with van der Waals surface area (Å²) in [5.74, 6) is 0.611. The van der Waals surface area contributed by atoms with Gasteiger partial charge < -0.3 is 10.1 Å². The van der Waals surface area contributed by atoms with Gasteiger partial charge in [-0.05, 0) is 60.8 Å². The van der Waals surface area contributed by atoms with E-state index in [-0.39, 0.29) is 17.9 Å². The predicted molar refractivity (Wildman–Crippen MR) is 155 cm³/mol. The van der Waals surface area contributed by atoms with Crippen molar-refractivity contribution in [1.29, 1.82) is 0 Å². The zero-order chi connectivity index (χ0) is 27.0. The van der Waals surface area contributed by atoms with Crippen LogP contribution in [0, 0.1) is 5.92 Å². The molecule has 0 radical (unpaired) electrons. The summed E-state index contributed by atoms with van der Waals surface area (Å²) in [4.78, 5) is 24.4. The smallest absolute Gasteiger partial charge is 0.224 e. The molecule has 1 aromatic heterocycles. The molecular weight excluding hydrogens is 531 g/mol. The molecule has 1 aliphatic rings. The second kappa shape index (κ2) is 13.1. The highest BCUT2D eigenvalue weighted by Gasteiger charge is 2.28. The summed E-state index contributed by atoms with van der Waals surface area (Å²) in [5, 5.41) is 4.35. The Balaban J connectivity index is 1.18. The number of rotatable bonds is 9. The Kier molecular flexibility index (Phi) is 9.09. The topological polar surface area (TPSA) is 67.4 Å². The summed E-state index contributed by atoms with van der Waals surface area (Å²) >= 11 is 12.1. The van der Waals surface area contributed by atoms with Gasteiger partial charge >= 0.3 is 0 Å². The number of piperidine rings is 1. The zero-order valence-electron chi connectivity index (χ0n) is 21.5. The van der Waals surface area contributed by atoms with Crippen molar-refractivity contribution in [2.75, 3.05) is 26.2 Å². The van der Waals surface area contributed by atoms with E-state index in [0.717, 1.165) is 49.2 Å². The standard InChI is InChI=1S/C31H30Cl2N4O2/c32-26-10-11-29(27(33)20-26)39-19-18-37-16-12-25(13-17-37)31(38)36-30(28-21-34-14-15-35-28)24-8-6-23(7-9-24)22-4-2-1-3-5-22/h1-11,14-15,20-21,25,30H,12-13,16-19H2,(H,36,38). The maximum atomic E-state index is 13.4. The summed E-state index contributed by atoms with van der Waals surface area (Å²) in [6.07, 6.45) is 6.58. The third kappa shape index (κ3) is 7.15. The van der Waals surface area contributed by atoms with Crippen LogP contribution in [-0.2, 0) is 4.79 Å². The number of likely N-dealkylation sites (tertiary alicyclic amines) is 1. The Labute approximate surface area is 239 Å². The molecule has 0 aliphatic carbocycles. The van der Waals surface area contributed by atoms with Crippen LogP contribution in [0.4, 0.5) is 0 Å². The third-order valence-corrected chi connectivity index (χ3v) is 7.56. The molecule has 1 unspecified atom stereocenters. The molecule has 2 heterocycles. The third-order valence-electron chi connectivity index (χ3n) is 7.03. The Bertz CT molecular complexity index is 1360. The fourth-order valence-corrected chi connectivity index (χ4v) is 5.31. The summed E-state index contributed by atoms with van der Waals surface area (Å²) in [7, 11) is 0. The van der Waals surface area contributed by atoms with Gasteiger partial charge in [0.25, 0.3) is 0 Å². The Hall–Kier alpha value is -3.45. The van der Waals surface area contributed by atoms with Crippen molar-refractivity contribution in [1.82, 2.24) is 20.2 Å². The number of hydrogen-bond acceptors (Lipinski definition) is 5. The highest BCUT2D eigenvalue weighted by Crippen LogP contribution is 2.28. The molecule has 1 atom stereocenters. The fourth-order valence-electron chi connectivity index (χ4n) is 4.84. The van der Waals surface area contributed by atoms with Crippen LogP contribution in [0.2, 0.25) is 10.0 Å². The minimum Gasteiger partial charge on any atom is -0.491 e. The van der Waals surface area contributed by atoms with Crippen molar-refractivity contribution >= 4 is 29.1 Å². The van der Waals surface area contributed by atoms with Gasteiger partial charge in [0.15, 0.2) is 0 Å². The second-order valence-electron chi connectivity index (χ2n) is 9.60. The molecule has 200 valence electrons. The molecule has 0 bridgehead atoms. The van der Waals surface area contributed by atoms with E-state index in [1.54, 1.807) is 36.8 Å². The lowest BCUT2D eigenvalue weighted by atomic mass is 9.94. The molecule has 3 aromatic carbocycles. The number of carbonyl (C=O) groups excluding carboxylic acids is 1. The van der Waals surface area contributed by atoms with Crippen LogP contribution in [0.5, 0.6) is 5.75 Å². The number of hydrogen-bond donors (Lipinski definition) is 1. The summed E-state index contributed by atoms with van der Waals surface area (Å²) in [6.45, 7) is 2.95. The molecule has 0 spiro atoms. The van der Waals surface area contributed by atoms with Crippen molar-refractivity contribution in [3.05, 3.63) is 113 Å². The van der Waals surface area contributed by atoms with Crippen molar-refractivity contribution < 1.29 is 9.53 Å². The molecule has 4 aromatic rings. The Morgan fingerprint density at radius 1 is 0.974 bits per heavy atom. The van der Waals surface area contributed by atoms with Crippen LogP contribution in [0.3, 0.4) is 0 Å². The first-order valence-electron chi connectivity index (χ1n) is 13.1. The molecule has 6 nitrogen and oxygen atoms in total. The van der Waals surface area contributed by atoms with Crippen LogP contribution in [0.25, 0.3) is 11.1 Å². The Morgan fingerprint density at radius 2 is 1.72 bits per heavy atom. The number of carbonyl (C=O) groups is 1. The van der Waals surface area contributed by atoms with Gasteiger partial charge in [0.2, 0.25) is 5.91 Å². The van der Waals surface area contributed by atoms with Crippen LogP contribution in [0.15, 0.2) is 91.4 Å². The van der Waals surface area contributed by atoms with Crippen LogP contribution in [-0.4, -0.2) is 47.0 Å². The first kappa shape index (κ1) is 27.1. The zero-order valence-corrected chi connectivity index (χ0v) is 23.0. The molecule has 1 saturated heterocycles. The Morgan fingerprint density at radius 3 is 2.41 bits per heavy atom. The molecule has 1 aliphatic heterocycles. The first-order valence-corrected chi connectivity index (χ1v) is 13.8. The van der Waals surface area contributed by atoms with E-state index in [0.29, 0.717) is 28.1 Å². The van der Waals surface area contributed by atoms with Crippen LogP contribution in [0.1, 0.15) is 30.1 Å². The molecule has 5 rings (SSSR count). The van der Waals surface area contributed by atoms with E-state index in [9.17, 15) is 4.79 Å². The molecular formula is C31H30Cl2N4O2. The summed E-state index contributed by atoms with van der Waals surface area (Å²) in [6, 6.07) is 23.4. The van der Waals surface area contributed by atoms with Gasteiger partial charge in [0, 0.05) is 29.9 Å². The summed E-state index contributed by atoms with van der Waals surface area (Å²) in [5.41, 5.74) is 3.96. The van der Waals surface area contributed by atoms with E-state index in [1.807, 2.05) is 18.2 Å². The lowest BCUT2D eigenvalue weighted by Gasteiger charge is -2.32. The predicted octanol–water partition coefficient (Wildman–Crippen LogP) is 6.45. The van der Waals surface area contributed by atoms with Gasteiger partial charge in [-0.2, -0.15) is 0 Å². The van der Waals surface area contributed by atoms with E-state index in [1.165, 1.54) is 0 Å². The van der Waals surface area contributed by atoms with Gasteiger partial charge in [-0.15, -0.1) is 0 Å². The van der Waals surface area contributed by atoms with Gasteiger partial charge in [-0.3, -0.25) is 19.7 Å². The quantitative estimate of drug-likeness (QED) is 0.255. The number of nitrogens with one attached hydrogen (secondary N) is 1. The van der Waals surface area contributed by atoms with E-state index in [4.69, 9.17) is 27.9 Å². The molecule has 0 saturated carbocycles. The average molecular weight is 562 g/mol. The number of aromatic nitrogens is 2. The second-order valence-corrected chi connectivity index (χ2v) is 10.4. The number of benzene rings is 3. The maximum Gasteiger partial charge on any atom is 0.224 e. The van der Waals surface area contributed by atoms with Crippen molar-refractivity contribution in [3.8, 4) is 16.9 Å². The van der Waals surface area contributed by atoms with Gasteiger partial charge in [-0.25, -0.2) is 0 Å². The van der Waals surface area contributed by atoms with E-state index >= 15 is 0 Å². The number of halogens is 2. The van der Waals surface area contributed by atoms with E-state index < -0.39 is 0 Å². The number of ether oxygens (including phenoxy) is 1.